The molecule has 0 saturated heterocycles. The summed E-state index contributed by atoms with van der Waals surface area (Å²) in [5.74, 6) is 0.653. The predicted octanol–water partition coefficient (Wildman–Crippen LogP) is 3.77. The maximum absolute atomic E-state index is 5.94. The van der Waals surface area contributed by atoms with E-state index in [1.165, 1.54) is 16.3 Å². The fourth-order valence-corrected chi connectivity index (χ4v) is 2.72. The standard InChI is InChI=1S/C16H12ClN5/c17-16-21-14(13-15(22-16)20-9-19-13)18-8-11-6-3-5-10-4-1-2-7-12(10)11/h1-7,9H,8H2,(H2,18,19,20,21,22). The van der Waals surface area contributed by atoms with E-state index < -0.39 is 0 Å². The fourth-order valence-electron chi connectivity index (χ4n) is 2.56. The molecule has 0 fully saturated rings. The Kier molecular flexibility index (Phi) is 3.12. The van der Waals surface area contributed by atoms with Gasteiger partial charge in [0.05, 0.1) is 6.33 Å². The molecular weight excluding hydrogens is 298 g/mol. The molecule has 4 rings (SSSR count). The van der Waals surface area contributed by atoms with Crippen LogP contribution in [-0.2, 0) is 6.54 Å². The molecule has 6 heteroatoms. The minimum atomic E-state index is 0.181. The molecule has 5 nitrogen and oxygen atoms in total. The third-order valence-electron chi connectivity index (χ3n) is 3.58. The molecule has 0 amide bonds. The van der Waals surface area contributed by atoms with E-state index in [4.69, 9.17) is 11.6 Å². The summed E-state index contributed by atoms with van der Waals surface area (Å²) in [7, 11) is 0. The molecule has 0 aliphatic heterocycles. The van der Waals surface area contributed by atoms with Crippen LogP contribution in [0.1, 0.15) is 5.56 Å². The molecule has 0 atom stereocenters. The lowest BCUT2D eigenvalue weighted by Gasteiger charge is -2.09. The minimum Gasteiger partial charge on any atom is -0.364 e. The van der Waals surface area contributed by atoms with E-state index in [0.717, 1.165) is 5.52 Å². The van der Waals surface area contributed by atoms with Crippen molar-refractivity contribution in [3.8, 4) is 0 Å². The zero-order valence-electron chi connectivity index (χ0n) is 11.5. The first-order valence-corrected chi connectivity index (χ1v) is 7.26. The van der Waals surface area contributed by atoms with E-state index in [1.807, 2.05) is 12.1 Å². The zero-order valence-corrected chi connectivity index (χ0v) is 12.3. The maximum atomic E-state index is 5.94. The van der Waals surface area contributed by atoms with Crippen molar-refractivity contribution in [3.63, 3.8) is 0 Å². The van der Waals surface area contributed by atoms with Gasteiger partial charge in [-0.05, 0) is 27.9 Å². The third kappa shape index (κ3) is 2.25. The van der Waals surface area contributed by atoms with Gasteiger partial charge in [-0.1, -0.05) is 42.5 Å². The molecule has 2 aromatic heterocycles. The largest absolute Gasteiger partial charge is 0.364 e. The Morgan fingerprint density at radius 2 is 1.91 bits per heavy atom. The summed E-state index contributed by atoms with van der Waals surface area (Å²) in [4.78, 5) is 15.5. The van der Waals surface area contributed by atoms with Crippen LogP contribution in [0.5, 0.6) is 0 Å². The van der Waals surface area contributed by atoms with E-state index in [1.54, 1.807) is 6.33 Å². The van der Waals surface area contributed by atoms with Crippen molar-refractivity contribution in [2.75, 3.05) is 5.32 Å². The molecule has 2 aromatic carbocycles. The van der Waals surface area contributed by atoms with Gasteiger partial charge in [-0.25, -0.2) is 4.98 Å². The van der Waals surface area contributed by atoms with Crippen LogP contribution in [0, 0.1) is 0 Å². The van der Waals surface area contributed by atoms with Gasteiger partial charge < -0.3 is 10.3 Å². The number of H-pyrrole nitrogens is 1. The number of nitrogens with one attached hydrogen (secondary N) is 2. The zero-order chi connectivity index (χ0) is 14.9. The van der Waals surface area contributed by atoms with Crippen LogP contribution < -0.4 is 5.32 Å². The number of anilines is 1. The molecule has 2 heterocycles. The Hall–Kier alpha value is -2.66. The minimum absolute atomic E-state index is 0.181. The summed E-state index contributed by atoms with van der Waals surface area (Å²) in [6.07, 6.45) is 1.58. The van der Waals surface area contributed by atoms with Gasteiger partial charge in [0, 0.05) is 6.54 Å². The number of halogens is 1. The van der Waals surface area contributed by atoms with Crippen LogP contribution in [0.3, 0.4) is 0 Å². The highest BCUT2D eigenvalue weighted by molar-refractivity contribution is 6.28. The lowest BCUT2D eigenvalue weighted by Crippen LogP contribution is -2.03. The maximum Gasteiger partial charge on any atom is 0.226 e. The molecule has 0 radical (unpaired) electrons. The summed E-state index contributed by atoms with van der Waals surface area (Å²) in [5.41, 5.74) is 2.51. The van der Waals surface area contributed by atoms with Crippen LogP contribution in [0.15, 0.2) is 48.8 Å². The van der Waals surface area contributed by atoms with Gasteiger partial charge in [0.25, 0.3) is 0 Å². The number of fused-ring (bicyclic) bond motifs is 2. The predicted molar refractivity (Wildman–Crippen MR) is 88.0 cm³/mol. The molecule has 0 spiro atoms. The van der Waals surface area contributed by atoms with Crippen molar-refractivity contribution >= 4 is 39.4 Å². The number of aromatic amines is 1. The number of nitrogens with zero attached hydrogens (tertiary/aromatic N) is 3. The first-order chi connectivity index (χ1) is 10.8. The smallest absolute Gasteiger partial charge is 0.226 e. The van der Waals surface area contributed by atoms with Gasteiger partial charge >= 0.3 is 0 Å². The number of benzene rings is 2. The molecule has 108 valence electrons. The van der Waals surface area contributed by atoms with Crippen LogP contribution >= 0.6 is 11.6 Å². The van der Waals surface area contributed by atoms with Crippen molar-refractivity contribution in [2.45, 2.75) is 6.54 Å². The van der Waals surface area contributed by atoms with E-state index in [0.29, 0.717) is 18.0 Å². The number of hydrogen-bond acceptors (Lipinski definition) is 4. The Morgan fingerprint density at radius 3 is 2.86 bits per heavy atom. The number of hydrogen-bond donors (Lipinski definition) is 2. The average molecular weight is 310 g/mol. The number of imidazole rings is 1. The second kappa shape index (κ2) is 5.27. The second-order valence-corrected chi connectivity index (χ2v) is 5.27. The number of rotatable bonds is 3. The normalized spacial score (nSPS) is 11.1. The van der Waals surface area contributed by atoms with Gasteiger partial charge in [0.15, 0.2) is 11.5 Å². The molecule has 0 aliphatic carbocycles. The lowest BCUT2D eigenvalue weighted by molar-refractivity contribution is 1.11. The van der Waals surface area contributed by atoms with E-state index in [9.17, 15) is 0 Å². The molecule has 0 saturated carbocycles. The Morgan fingerprint density at radius 1 is 1.05 bits per heavy atom. The SMILES string of the molecule is Clc1nc(NCc2cccc3ccccc23)c2[nH]cnc2n1. The van der Waals surface area contributed by atoms with Crippen molar-refractivity contribution < 1.29 is 0 Å². The first-order valence-electron chi connectivity index (χ1n) is 6.88. The topological polar surface area (TPSA) is 66.5 Å². The molecule has 0 aliphatic rings. The summed E-state index contributed by atoms with van der Waals surface area (Å²) in [6, 6.07) is 14.6. The monoisotopic (exact) mass is 309 g/mol. The summed E-state index contributed by atoms with van der Waals surface area (Å²) in [6.45, 7) is 0.642. The molecule has 4 aromatic rings. The van der Waals surface area contributed by atoms with Crippen LogP contribution in [0.25, 0.3) is 21.9 Å². The van der Waals surface area contributed by atoms with Crippen LogP contribution in [0.2, 0.25) is 5.28 Å². The highest BCUT2D eigenvalue weighted by Gasteiger charge is 2.09. The van der Waals surface area contributed by atoms with Crippen molar-refractivity contribution in [1.29, 1.82) is 0 Å². The summed E-state index contributed by atoms with van der Waals surface area (Å²) < 4.78 is 0. The molecule has 2 N–H and O–H groups in total. The second-order valence-electron chi connectivity index (χ2n) is 4.93. The van der Waals surface area contributed by atoms with Crippen molar-refractivity contribution in [2.24, 2.45) is 0 Å². The van der Waals surface area contributed by atoms with Gasteiger partial charge in [-0.15, -0.1) is 0 Å². The highest BCUT2D eigenvalue weighted by atomic mass is 35.5. The van der Waals surface area contributed by atoms with Gasteiger partial charge in [-0.3, -0.25) is 0 Å². The number of aromatic nitrogens is 4. The van der Waals surface area contributed by atoms with Crippen molar-refractivity contribution in [1.82, 2.24) is 19.9 Å². The van der Waals surface area contributed by atoms with Gasteiger partial charge in [-0.2, -0.15) is 9.97 Å². The van der Waals surface area contributed by atoms with E-state index in [2.05, 4.69) is 55.6 Å². The van der Waals surface area contributed by atoms with Crippen LogP contribution in [0.4, 0.5) is 5.82 Å². The van der Waals surface area contributed by atoms with Crippen molar-refractivity contribution in [3.05, 3.63) is 59.6 Å². The lowest BCUT2D eigenvalue weighted by atomic mass is 10.0. The average Bonchev–Trinajstić information content (AvgIpc) is 3.00. The molecule has 0 unspecified atom stereocenters. The molecule has 22 heavy (non-hydrogen) atoms. The van der Waals surface area contributed by atoms with Gasteiger partial charge in [0.2, 0.25) is 5.28 Å². The quantitative estimate of drug-likeness (QED) is 0.565. The molecule has 0 bridgehead atoms. The first kappa shape index (κ1) is 13.0. The highest BCUT2D eigenvalue weighted by Crippen LogP contribution is 2.22. The Bertz CT molecular complexity index is 958. The third-order valence-corrected chi connectivity index (χ3v) is 3.75. The summed E-state index contributed by atoms with van der Waals surface area (Å²) >= 11 is 5.94. The Balaban J connectivity index is 1.70. The van der Waals surface area contributed by atoms with Gasteiger partial charge in [0.1, 0.15) is 5.52 Å². The Labute approximate surface area is 131 Å². The van der Waals surface area contributed by atoms with Crippen LogP contribution in [-0.4, -0.2) is 19.9 Å². The summed E-state index contributed by atoms with van der Waals surface area (Å²) in [5, 5.41) is 5.93. The van der Waals surface area contributed by atoms with E-state index in [-0.39, 0.29) is 5.28 Å². The fraction of sp³-hybridized carbons (Fsp3) is 0.0625. The van der Waals surface area contributed by atoms with E-state index >= 15 is 0 Å². The molecular formula is C16H12ClN5.